The summed E-state index contributed by atoms with van der Waals surface area (Å²) in [6.07, 6.45) is 0. The number of aryl methyl sites for hydroxylation is 3. The Bertz CT molecular complexity index is 669. The van der Waals surface area contributed by atoms with E-state index in [1.807, 2.05) is 20.8 Å². The maximum atomic E-state index is 11.2. The van der Waals surface area contributed by atoms with Gasteiger partial charge in [-0.3, -0.25) is 0 Å². The minimum atomic E-state index is -1.05. The lowest BCUT2D eigenvalue weighted by atomic mass is 10.0. The van der Waals surface area contributed by atoms with Gasteiger partial charge in [-0.1, -0.05) is 23.8 Å². The van der Waals surface area contributed by atoms with Crippen LogP contribution in [0.1, 0.15) is 32.6 Å². The van der Waals surface area contributed by atoms with Gasteiger partial charge in [0.15, 0.2) is 5.75 Å². The predicted molar refractivity (Wildman–Crippen MR) is 82.8 cm³/mol. The summed E-state index contributed by atoms with van der Waals surface area (Å²) in [6, 6.07) is 8.89. The number of carbonyl (C=O) groups is 1. The fourth-order valence-electron chi connectivity index (χ4n) is 2.47. The van der Waals surface area contributed by atoms with E-state index in [2.05, 4.69) is 12.1 Å². The number of nitrogen functional groups attached to an aromatic ring is 1. The van der Waals surface area contributed by atoms with Crippen LogP contribution in [0.2, 0.25) is 0 Å². The number of ether oxygens (including phenoxy) is 1. The monoisotopic (exact) mass is 285 g/mol. The third-order valence-electron chi connectivity index (χ3n) is 3.48. The minimum absolute atomic E-state index is 0.0809. The van der Waals surface area contributed by atoms with E-state index in [0.29, 0.717) is 12.3 Å². The molecule has 0 atom stereocenters. The lowest BCUT2D eigenvalue weighted by molar-refractivity contribution is 0.0692. The molecule has 0 amide bonds. The molecule has 0 spiro atoms. The average Bonchev–Trinajstić information content (AvgIpc) is 2.38. The summed E-state index contributed by atoms with van der Waals surface area (Å²) >= 11 is 0. The maximum Gasteiger partial charge on any atom is 0.339 e. The number of nitrogens with two attached hydrogens (primary N) is 1. The van der Waals surface area contributed by atoms with Crippen molar-refractivity contribution < 1.29 is 14.6 Å². The number of carboxylic acids is 1. The van der Waals surface area contributed by atoms with Crippen LogP contribution in [-0.2, 0) is 6.61 Å². The number of rotatable bonds is 4. The van der Waals surface area contributed by atoms with E-state index in [1.165, 1.54) is 11.6 Å². The smallest absolute Gasteiger partial charge is 0.339 e. The zero-order valence-corrected chi connectivity index (χ0v) is 12.4. The number of hydrogen-bond acceptors (Lipinski definition) is 3. The van der Waals surface area contributed by atoms with E-state index >= 15 is 0 Å². The van der Waals surface area contributed by atoms with Gasteiger partial charge >= 0.3 is 5.97 Å². The second kappa shape index (κ2) is 5.87. The molecule has 0 heterocycles. The Balaban J connectivity index is 2.31. The third kappa shape index (κ3) is 3.16. The van der Waals surface area contributed by atoms with Crippen LogP contribution < -0.4 is 10.5 Å². The molecular formula is C17H19NO3. The van der Waals surface area contributed by atoms with Gasteiger partial charge in [-0.15, -0.1) is 0 Å². The van der Waals surface area contributed by atoms with Gasteiger partial charge < -0.3 is 15.6 Å². The van der Waals surface area contributed by atoms with Crippen molar-refractivity contribution in [1.29, 1.82) is 0 Å². The number of hydrogen-bond donors (Lipinski definition) is 2. The van der Waals surface area contributed by atoms with Crippen molar-refractivity contribution in [1.82, 2.24) is 0 Å². The molecule has 0 aromatic heterocycles. The quantitative estimate of drug-likeness (QED) is 0.844. The number of benzene rings is 2. The van der Waals surface area contributed by atoms with Crippen molar-refractivity contribution in [2.24, 2.45) is 0 Å². The number of para-hydroxylation sites is 1. The summed E-state index contributed by atoms with van der Waals surface area (Å²) < 4.78 is 5.71. The Kier molecular flexibility index (Phi) is 4.17. The fourth-order valence-corrected chi connectivity index (χ4v) is 2.47. The highest BCUT2D eigenvalue weighted by Crippen LogP contribution is 2.28. The zero-order valence-electron chi connectivity index (χ0n) is 12.4. The van der Waals surface area contributed by atoms with Crippen LogP contribution in [0.5, 0.6) is 5.75 Å². The molecule has 2 rings (SSSR count). The van der Waals surface area contributed by atoms with Crippen molar-refractivity contribution in [3.8, 4) is 5.75 Å². The van der Waals surface area contributed by atoms with E-state index in [1.54, 1.807) is 12.1 Å². The van der Waals surface area contributed by atoms with E-state index in [-0.39, 0.29) is 11.3 Å². The molecule has 0 aliphatic heterocycles. The molecule has 2 aromatic rings. The molecule has 21 heavy (non-hydrogen) atoms. The average molecular weight is 285 g/mol. The summed E-state index contributed by atoms with van der Waals surface area (Å²) in [7, 11) is 0. The summed E-state index contributed by atoms with van der Waals surface area (Å²) in [5.41, 5.74) is 10.7. The van der Waals surface area contributed by atoms with Crippen molar-refractivity contribution in [2.75, 3.05) is 5.73 Å². The Morgan fingerprint density at radius 1 is 1.19 bits per heavy atom. The zero-order chi connectivity index (χ0) is 15.6. The van der Waals surface area contributed by atoms with E-state index in [4.69, 9.17) is 10.5 Å². The molecule has 0 saturated heterocycles. The van der Waals surface area contributed by atoms with Gasteiger partial charge in [0.05, 0.1) is 5.69 Å². The van der Waals surface area contributed by atoms with Gasteiger partial charge in [0.1, 0.15) is 12.2 Å². The molecule has 110 valence electrons. The van der Waals surface area contributed by atoms with Crippen molar-refractivity contribution in [3.05, 3.63) is 58.1 Å². The summed E-state index contributed by atoms with van der Waals surface area (Å²) in [5, 5.41) is 9.20. The van der Waals surface area contributed by atoms with Crippen LogP contribution in [0, 0.1) is 20.8 Å². The molecule has 0 fully saturated rings. The Labute approximate surface area is 124 Å². The van der Waals surface area contributed by atoms with Crippen LogP contribution in [0.4, 0.5) is 5.69 Å². The normalized spacial score (nSPS) is 10.4. The first kappa shape index (κ1) is 14.9. The molecule has 4 nitrogen and oxygen atoms in total. The molecule has 3 N–H and O–H groups in total. The van der Waals surface area contributed by atoms with Crippen LogP contribution in [0.25, 0.3) is 0 Å². The topological polar surface area (TPSA) is 72.5 Å². The third-order valence-corrected chi connectivity index (χ3v) is 3.48. The Hall–Kier alpha value is -2.49. The van der Waals surface area contributed by atoms with E-state index in [9.17, 15) is 9.90 Å². The van der Waals surface area contributed by atoms with E-state index < -0.39 is 5.97 Å². The van der Waals surface area contributed by atoms with Crippen LogP contribution >= 0.6 is 0 Å². The lowest BCUT2D eigenvalue weighted by Crippen LogP contribution is -2.07. The Morgan fingerprint density at radius 3 is 2.38 bits per heavy atom. The van der Waals surface area contributed by atoms with Gasteiger partial charge in [0.25, 0.3) is 0 Å². The van der Waals surface area contributed by atoms with Gasteiger partial charge in [0.2, 0.25) is 0 Å². The highest BCUT2D eigenvalue weighted by molar-refractivity contribution is 5.93. The van der Waals surface area contributed by atoms with Crippen molar-refractivity contribution in [2.45, 2.75) is 27.4 Å². The largest absolute Gasteiger partial charge is 0.486 e. The SMILES string of the molecule is Cc1cc(C)c(COc2c(N)cccc2C(=O)O)c(C)c1. The lowest BCUT2D eigenvalue weighted by Gasteiger charge is -2.15. The second-order valence-corrected chi connectivity index (χ2v) is 5.20. The number of aromatic carboxylic acids is 1. The number of anilines is 1. The minimum Gasteiger partial charge on any atom is -0.486 e. The second-order valence-electron chi connectivity index (χ2n) is 5.20. The fraction of sp³-hybridized carbons (Fsp3) is 0.235. The predicted octanol–water partition coefficient (Wildman–Crippen LogP) is 3.47. The number of carboxylic acid groups (broad SMARTS) is 1. The molecule has 0 aliphatic carbocycles. The molecule has 0 unspecified atom stereocenters. The van der Waals surface area contributed by atoms with Gasteiger partial charge in [-0.2, -0.15) is 0 Å². The first-order chi connectivity index (χ1) is 9.90. The van der Waals surface area contributed by atoms with Gasteiger partial charge in [0, 0.05) is 0 Å². The Morgan fingerprint density at radius 2 is 1.81 bits per heavy atom. The van der Waals surface area contributed by atoms with Gasteiger partial charge in [-0.25, -0.2) is 4.79 Å². The summed E-state index contributed by atoms with van der Waals surface area (Å²) in [6.45, 7) is 6.38. The maximum absolute atomic E-state index is 11.2. The van der Waals surface area contributed by atoms with Crippen molar-refractivity contribution in [3.63, 3.8) is 0 Å². The highest BCUT2D eigenvalue weighted by atomic mass is 16.5. The standard InChI is InChI=1S/C17H19NO3/c1-10-7-11(2)14(12(3)8-10)9-21-16-13(17(19)20)5-4-6-15(16)18/h4-8H,9,18H2,1-3H3,(H,19,20). The molecule has 0 radical (unpaired) electrons. The molecule has 4 heteroatoms. The molecule has 0 bridgehead atoms. The van der Waals surface area contributed by atoms with Crippen LogP contribution in [-0.4, -0.2) is 11.1 Å². The molecular weight excluding hydrogens is 266 g/mol. The molecule has 0 aliphatic rings. The summed E-state index contributed by atoms with van der Waals surface area (Å²) in [5.74, 6) is -0.820. The first-order valence-electron chi connectivity index (χ1n) is 6.71. The van der Waals surface area contributed by atoms with Crippen LogP contribution in [0.15, 0.2) is 30.3 Å². The first-order valence-corrected chi connectivity index (χ1v) is 6.71. The van der Waals surface area contributed by atoms with Crippen LogP contribution in [0.3, 0.4) is 0 Å². The van der Waals surface area contributed by atoms with E-state index in [0.717, 1.165) is 16.7 Å². The van der Waals surface area contributed by atoms with Crippen molar-refractivity contribution >= 4 is 11.7 Å². The highest BCUT2D eigenvalue weighted by Gasteiger charge is 2.15. The molecule has 2 aromatic carbocycles. The van der Waals surface area contributed by atoms with Gasteiger partial charge in [-0.05, 0) is 49.6 Å². The summed E-state index contributed by atoms with van der Waals surface area (Å²) in [4.78, 5) is 11.2. The molecule has 0 saturated carbocycles.